The van der Waals surface area contributed by atoms with Gasteiger partial charge in [0.2, 0.25) is 0 Å². The summed E-state index contributed by atoms with van der Waals surface area (Å²) in [5.74, 6) is 0.696. The summed E-state index contributed by atoms with van der Waals surface area (Å²) in [7, 11) is 1.65. The normalized spacial score (nSPS) is 10.0. The Kier molecular flexibility index (Phi) is 6.10. The Hall–Kier alpha value is -1.55. The molecule has 0 atom stereocenters. The highest BCUT2D eigenvalue weighted by Gasteiger charge is 1.97. The van der Waals surface area contributed by atoms with E-state index in [9.17, 15) is 4.79 Å². The molecule has 0 radical (unpaired) electrons. The highest BCUT2D eigenvalue weighted by atomic mass is 16.5. The Morgan fingerprint density at radius 3 is 2.59 bits per heavy atom. The van der Waals surface area contributed by atoms with Crippen molar-refractivity contribution >= 4 is 5.97 Å². The van der Waals surface area contributed by atoms with Crippen LogP contribution < -0.4 is 10.1 Å². The van der Waals surface area contributed by atoms with Crippen LogP contribution in [0.15, 0.2) is 24.3 Å². The van der Waals surface area contributed by atoms with E-state index in [1.54, 1.807) is 14.0 Å². The van der Waals surface area contributed by atoms with Gasteiger partial charge in [0.15, 0.2) is 0 Å². The average molecular weight is 237 g/mol. The molecule has 0 heterocycles. The molecule has 0 fully saturated rings. The van der Waals surface area contributed by atoms with Crippen molar-refractivity contribution in [2.75, 3.05) is 20.3 Å². The van der Waals surface area contributed by atoms with Crippen LogP contribution in [0.3, 0.4) is 0 Å². The zero-order valence-corrected chi connectivity index (χ0v) is 10.4. The minimum atomic E-state index is -0.156. The zero-order valence-electron chi connectivity index (χ0n) is 10.4. The quantitative estimate of drug-likeness (QED) is 0.579. The maximum Gasteiger partial charge on any atom is 0.305 e. The molecule has 0 aliphatic carbocycles. The highest BCUT2D eigenvalue weighted by molar-refractivity contribution is 5.68. The molecule has 0 aliphatic rings. The summed E-state index contributed by atoms with van der Waals surface area (Å²) in [6, 6.07) is 7.86. The van der Waals surface area contributed by atoms with Gasteiger partial charge in [-0.05, 0) is 17.7 Å². The number of ether oxygens (including phenoxy) is 2. The van der Waals surface area contributed by atoms with E-state index < -0.39 is 0 Å². The van der Waals surface area contributed by atoms with Crippen molar-refractivity contribution in [2.45, 2.75) is 19.9 Å². The lowest BCUT2D eigenvalue weighted by Crippen LogP contribution is -2.20. The summed E-state index contributed by atoms with van der Waals surface area (Å²) in [6.45, 7) is 3.63. The molecule has 4 heteroatoms. The average Bonchev–Trinajstić information content (AvgIpc) is 2.38. The molecule has 0 aromatic heterocycles. The van der Waals surface area contributed by atoms with Gasteiger partial charge >= 0.3 is 5.97 Å². The Bertz CT molecular complexity index is 335. The lowest BCUT2D eigenvalue weighted by Gasteiger charge is -2.06. The second-order valence-electron chi connectivity index (χ2n) is 3.60. The lowest BCUT2D eigenvalue weighted by molar-refractivity contribution is -0.143. The molecule has 1 N–H and O–H groups in total. The Morgan fingerprint density at radius 2 is 2.00 bits per heavy atom. The van der Waals surface area contributed by atoms with Gasteiger partial charge in [-0.1, -0.05) is 19.1 Å². The van der Waals surface area contributed by atoms with Crippen molar-refractivity contribution in [1.82, 2.24) is 5.32 Å². The topological polar surface area (TPSA) is 47.6 Å². The zero-order chi connectivity index (χ0) is 12.5. The van der Waals surface area contributed by atoms with E-state index in [0.29, 0.717) is 19.6 Å². The summed E-state index contributed by atoms with van der Waals surface area (Å²) in [4.78, 5) is 10.9. The summed E-state index contributed by atoms with van der Waals surface area (Å²) in [6.07, 6.45) is 0.429. The molecule has 1 aromatic rings. The van der Waals surface area contributed by atoms with E-state index in [4.69, 9.17) is 9.47 Å². The molecule has 0 aliphatic heterocycles. The van der Waals surface area contributed by atoms with Gasteiger partial charge in [0.05, 0.1) is 7.11 Å². The summed E-state index contributed by atoms with van der Waals surface area (Å²) >= 11 is 0. The molecule has 0 bridgehead atoms. The van der Waals surface area contributed by atoms with Crippen LogP contribution in [0.25, 0.3) is 0 Å². The van der Waals surface area contributed by atoms with Crippen LogP contribution in [0.2, 0.25) is 0 Å². The number of nitrogens with one attached hydrogen (secondary N) is 1. The fraction of sp³-hybridized carbons (Fsp3) is 0.462. The van der Waals surface area contributed by atoms with Gasteiger partial charge in [-0.15, -0.1) is 0 Å². The van der Waals surface area contributed by atoms with Crippen LogP contribution in [0.4, 0.5) is 0 Å². The molecule has 0 unspecified atom stereocenters. The van der Waals surface area contributed by atoms with Crippen LogP contribution in [-0.2, 0) is 16.1 Å². The number of hydrogen-bond donors (Lipinski definition) is 1. The van der Waals surface area contributed by atoms with Crippen molar-refractivity contribution < 1.29 is 14.3 Å². The minimum absolute atomic E-state index is 0.156. The molecule has 0 saturated heterocycles. The molecular weight excluding hydrogens is 218 g/mol. The van der Waals surface area contributed by atoms with Gasteiger partial charge in [-0.3, -0.25) is 4.79 Å². The monoisotopic (exact) mass is 237 g/mol. The lowest BCUT2D eigenvalue weighted by atomic mass is 10.2. The van der Waals surface area contributed by atoms with Gasteiger partial charge < -0.3 is 14.8 Å². The second-order valence-corrected chi connectivity index (χ2v) is 3.60. The Labute approximate surface area is 102 Å². The van der Waals surface area contributed by atoms with Crippen molar-refractivity contribution in [3.05, 3.63) is 29.8 Å². The summed E-state index contributed by atoms with van der Waals surface area (Å²) in [5.41, 5.74) is 1.17. The first-order valence-electron chi connectivity index (χ1n) is 5.75. The van der Waals surface area contributed by atoms with Gasteiger partial charge in [0.25, 0.3) is 0 Å². The number of methoxy groups -OCH3 is 1. The number of rotatable bonds is 7. The minimum Gasteiger partial charge on any atom is -0.497 e. The molecule has 4 nitrogen and oxygen atoms in total. The number of benzene rings is 1. The van der Waals surface area contributed by atoms with E-state index in [1.165, 1.54) is 5.56 Å². The molecule has 1 rings (SSSR count). The van der Waals surface area contributed by atoms with Gasteiger partial charge in [-0.25, -0.2) is 0 Å². The van der Waals surface area contributed by atoms with E-state index in [0.717, 1.165) is 12.3 Å². The maximum atomic E-state index is 10.9. The predicted octanol–water partition coefficient (Wildman–Crippen LogP) is 1.74. The molecule has 0 spiro atoms. The van der Waals surface area contributed by atoms with Crippen LogP contribution in [-0.4, -0.2) is 26.2 Å². The van der Waals surface area contributed by atoms with E-state index >= 15 is 0 Å². The SMILES string of the molecule is CCC(=O)OCCNCc1ccc(OC)cc1. The molecule has 94 valence electrons. The van der Waals surface area contributed by atoms with E-state index in [1.807, 2.05) is 24.3 Å². The number of esters is 1. The first kappa shape index (κ1) is 13.5. The van der Waals surface area contributed by atoms with Gasteiger partial charge in [-0.2, -0.15) is 0 Å². The van der Waals surface area contributed by atoms with Crippen molar-refractivity contribution in [2.24, 2.45) is 0 Å². The third-order valence-electron chi connectivity index (χ3n) is 2.32. The maximum absolute atomic E-state index is 10.9. The molecular formula is C13H19NO3. The smallest absolute Gasteiger partial charge is 0.305 e. The largest absolute Gasteiger partial charge is 0.497 e. The first-order chi connectivity index (χ1) is 8.26. The Balaban J connectivity index is 2.15. The Morgan fingerprint density at radius 1 is 1.29 bits per heavy atom. The summed E-state index contributed by atoms with van der Waals surface area (Å²) < 4.78 is 10.0. The summed E-state index contributed by atoms with van der Waals surface area (Å²) in [5, 5.41) is 3.20. The third kappa shape index (κ3) is 5.36. The van der Waals surface area contributed by atoms with Crippen molar-refractivity contribution in [3.8, 4) is 5.75 Å². The van der Waals surface area contributed by atoms with Gasteiger partial charge in [0, 0.05) is 19.5 Å². The van der Waals surface area contributed by atoms with Crippen molar-refractivity contribution in [3.63, 3.8) is 0 Å². The van der Waals surface area contributed by atoms with Crippen LogP contribution in [0.5, 0.6) is 5.75 Å². The number of carbonyl (C=O) groups is 1. The van der Waals surface area contributed by atoms with Crippen LogP contribution >= 0.6 is 0 Å². The first-order valence-corrected chi connectivity index (χ1v) is 5.75. The van der Waals surface area contributed by atoms with Crippen LogP contribution in [0.1, 0.15) is 18.9 Å². The molecule has 0 amide bonds. The molecule has 0 saturated carbocycles. The number of hydrogen-bond acceptors (Lipinski definition) is 4. The fourth-order valence-electron chi connectivity index (χ4n) is 1.32. The molecule has 17 heavy (non-hydrogen) atoms. The number of carbonyl (C=O) groups excluding carboxylic acids is 1. The van der Waals surface area contributed by atoms with Crippen molar-refractivity contribution in [1.29, 1.82) is 0 Å². The van der Waals surface area contributed by atoms with E-state index in [-0.39, 0.29) is 5.97 Å². The standard InChI is InChI=1S/C13H19NO3/c1-3-13(15)17-9-8-14-10-11-4-6-12(16-2)7-5-11/h4-7,14H,3,8-10H2,1-2H3. The molecule has 1 aromatic carbocycles. The fourth-order valence-corrected chi connectivity index (χ4v) is 1.32. The van der Waals surface area contributed by atoms with Gasteiger partial charge in [0.1, 0.15) is 12.4 Å². The van der Waals surface area contributed by atoms with E-state index in [2.05, 4.69) is 5.32 Å². The van der Waals surface area contributed by atoms with Crippen LogP contribution in [0, 0.1) is 0 Å². The third-order valence-corrected chi connectivity index (χ3v) is 2.32. The highest BCUT2D eigenvalue weighted by Crippen LogP contribution is 2.10. The predicted molar refractivity (Wildman–Crippen MR) is 66.0 cm³/mol. The second kappa shape index (κ2) is 7.68.